The summed E-state index contributed by atoms with van der Waals surface area (Å²) in [6.07, 6.45) is -0.235. The molecule has 0 bridgehead atoms. The van der Waals surface area contributed by atoms with Crippen LogP contribution in [-0.4, -0.2) is 38.3 Å². The van der Waals surface area contributed by atoms with Crippen molar-refractivity contribution in [3.8, 4) is 11.6 Å². The van der Waals surface area contributed by atoms with E-state index in [-0.39, 0.29) is 47.2 Å². The molecule has 1 aromatic carbocycles. The van der Waals surface area contributed by atoms with Gasteiger partial charge in [-0.25, -0.2) is 9.97 Å². The van der Waals surface area contributed by atoms with Crippen LogP contribution in [-0.2, 0) is 12.8 Å². The van der Waals surface area contributed by atoms with E-state index in [1.54, 1.807) is 6.07 Å². The third-order valence-electron chi connectivity index (χ3n) is 6.65. The molecule has 2 amide bonds. The smallest absolute Gasteiger partial charge is 0.450 e. The van der Waals surface area contributed by atoms with Gasteiger partial charge in [0.2, 0.25) is 11.7 Å². The Hall–Kier alpha value is -4.61. The first-order chi connectivity index (χ1) is 19.2. The van der Waals surface area contributed by atoms with E-state index in [1.807, 2.05) is 30.3 Å². The van der Waals surface area contributed by atoms with Gasteiger partial charge in [-0.3, -0.25) is 14.0 Å². The fourth-order valence-electron chi connectivity index (χ4n) is 4.67. The molecule has 208 valence electrons. The number of rotatable bonds is 8. The molecule has 0 spiro atoms. The molecule has 9 nitrogen and oxygen atoms in total. The largest absolute Gasteiger partial charge is 0.487 e. The van der Waals surface area contributed by atoms with Crippen molar-refractivity contribution in [2.45, 2.75) is 50.6 Å². The first-order valence-electron chi connectivity index (χ1n) is 12.7. The number of primary amides is 1. The summed E-state index contributed by atoms with van der Waals surface area (Å²) in [6.45, 7) is 0.173. The molecule has 0 radical (unpaired) electrons. The van der Waals surface area contributed by atoms with E-state index in [9.17, 15) is 22.8 Å². The number of pyridine rings is 2. The van der Waals surface area contributed by atoms with E-state index in [2.05, 4.69) is 15.3 Å². The third kappa shape index (κ3) is 6.00. The number of nitrogens with one attached hydrogen (secondary N) is 1. The lowest BCUT2D eigenvalue weighted by Crippen LogP contribution is -2.40. The van der Waals surface area contributed by atoms with E-state index >= 15 is 0 Å². The number of ether oxygens (including phenoxy) is 2. The van der Waals surface area contributed by atoms with Crippen LogP contribution < -0.4 is 20.5 Å². The average molecular weight is 554 g/mol. The summed E-state index contributed by atoms with van der Waals surface area (Å²) in [5.41, 5.74) is 6.11. The van der Waals surface area contributed by atoms with Gasteiger partial charge in [-0.2, -0.15) is 13.2 Å². The summed E-state index contributed by atoms with van der Waals surface area (Å²) in [5.74, 6) is -2.20. The van der Waals surface area contributed by atoms with Gasteiger partial charge in [-0.05, 0) is 55.5 Å². The summed E-state index contributed by atoms with van der Waals surface area (Å²) >= 11 is 0. The number of nitrogens with two attached hydrogens (primary N) is 1. The molecule has 0 aliphatic heterocycles. The third-order valence-corrected chi connectivity index (χ3v) is 6.65. The molecule has 3 N–H and O–H groups in total. The van der Waals surface area contributed by atoms with Crippen molar-refractivity contribution in [1.82, 2.24) is 19.7 Å². The van der Waals surface area contributed by atoms with Crippen molar-refractivity contribution >= 4 is 17.3 Å². The van der Waals surface area contributed by atoms with Crippen LogP contribution >= 0.6 is 0 Å². The van der Waals surface area contributed by atoms with Crippen molar-refractivity contribution in [2.75, 3.05) is 0 Å². The van der Waals surface area contributed by atoms with E-state index in [4.69, 9.17) is 15.2 Å². The highest BCUT2D eigenvalue weighted by Gasteiger charge is 2.38. The highest BCUT2D eigenvalue weighted by atomic mass is 19.4. The summed E-state index contributed by atoms with van der Waals surface area (Å²) in [4.78, 5) is 32.4. The van der Waals surface area contributed by atoms with E-state index in [0.717, 1.165) is 9.96 Å². The summed E-state index contributed by atoms with van der Waals surface area (Å²) < 4.78 is 53.9. The highest BCUT2D eigenvalue weighted by Crippen LogP contribution is 2.32. The Morgan fingerprint density at radius 1 is 1.02 bits per heavy atom. The van der Waals surface area contributed by atoms with Crippen LogP contribution in [0.25, 0.3) is 5.52 Å². The molecule has 1 aliphatic rings. The zero-order valence-electron chi connectivity index (χ0n) is 21.2. The minimum Gasteiger partial charge on any atom is -0.487 e. The zero-order valence-corrected chi connectivity index (χ0v) is 21.2. The highest BCUT2D eigenvalue weighted by molar-refractivity contribution is 5.99. The average Bonchev–Trinajstić information content (AvgIpc) is 3.33. The van der Waals surface area contributed by atoms with Crippen LogP contribution in [0.1, 0.15) is 57.9 Å². The fraction of sp³-hybridized carbons (Fsp3) is 0.286. The Kier molecular flexibility index (Phi) is 7.58. The van der Waals surface area contributed by atoms with E-state index in [0.29, 0.717) is 25.7 Å². The minimum absolute atomic E-state index is 0.0167. The summed E-state index contributed by atoms with van der Waals surface area (Å²) in [6, 6.07) is 14.9. The van der Waals surface area contributed by atoms with Gasteiger partial charge >= 0.3 is 6.18 Å². The number of halogens is 3. The molecular weight excluding hydrogens is 527 g/mol. The number of aromatic nitrogens is 3. The molecule has 12 heteroatoms. The molecule has 40 heavy (non-hydrogen) atoms. The van der Waals surface area contributed by atoms with Crippen molar-refractivity contribution in [3.63, 3.8) is 0 Å². The Balaban J connectivity index is 1.26. The van der Waals surface area contributed by atoms with Gasteiger partial charge in [0, 0.05) is 12.2 Å². The lowest BCUT2D eigenvalue weighted by Gasteiger charge is -2.29. The second-order valence-corrected chi connectivity index (χ2v) is 9.46. The molecule has 0 atom stereocenters. The van der Waals surface area contributed by atoms with Crippen molar-refractivity contribution in [3.05, 3.63) is 89.6 Å². The Bertz CT molecular complexity index is 1520. The molecule has 0 saturated heterocycles. The normalized spacial score (nSPS) is 17.4. The molecule has 5 rings (SSSR count). The number of imidazole rings is 1. The number of alkyl halides is 3. The lowest BCUT2D eigenvalue weighted by molar-refractivity contribution is -0.145. The number of hydrogen-bond acceptors (Lipinski definition) is 6. The maximum atomic E-state index is 13.8. The SMILES string of the molecule is NC(=O)c1cccnc1OC1CCC(NC(=O)c2nc(C(F)(F)F)n3cc(OCc4ccccc4)ccc23)CC1. The predicted molar refractivity (Wildman–Crippen MR) is 138 cm³/mol. The Morgan fingerprint density at radius 2 is 1.77 bits per heavy atom. The standard InChI is InChI=1S/C28H26F3N5O4/c29-28(30,31)27-35-23(22-13-12-20(15-36(22)27)39-16-17-5-2-1-3-6-17)25(38)34-18-8-10-19(11-9-18)40-26-21(24(32)37)7-4-14-33-26/h1-7,12-15,18-19H,8-11,16H2,(H2,32,37)(H,34,38). The molecule has 0 unspecified atom stereocenters. The maximum Gasteiger partial charge on any atom is 0.450 e. The second kappa shape index (κ2) is 11.2. The van der Waals surface area contributed by atoms with Gasteiger partial charge in [0.25, 0.3) is 11.8 Å². The van der Waals surface area contributed by atoms with Gasteiger partial charge in [0.15, 0.2) is 5.69 Å². The van der Waals surface area contributed by atoms with Crippen LogP contribution in [0.3, 0.4) is 0 Å². The van der Waals surface area contributed by atoms with Crippen molar-refractivity contribution in [1.29, 1.82) is 0 Å². The second-order valence-electron chi connectivity index (χ2n) is 9.46. The molecule has 1 saturated carbocycles. The summed E-state index contributed by atoms with van der Waals surface area (Å²) in [7, 11) is 0. The van der Waals surface area contributed by atoms with Crippen molar-refractivity contribution < 1.29 is 32.2 Å². The van der Waals surface area contributed by atoms with Crippen molar-refractivity contribution in [2.24, 2.45) is 5.73 Å². The maximum absolute atomic E-state index is 13.8. The number of fused-ring (bicyclic) bond motifs is 1. The van der Waals surface area contributed by atoms with Crippen LogP contribution in [0, 0.1) is 0 Å². The lowest BCUT2D eigenvalue weighted by atomic mass is 9.93. The zero-order chi connectivity index (χ0) is 28.3. The number of hydrogen-bond donors (Lipinski definition) is 2. The van der Waals surface area contributed by atoms with Gasteiger partial charge in [0.05, 0.1) is 11.7 Å². The van der Waals surface area contributed by atoms with E-state index in [1.165, 1.54) is 30.6 Å². The molecule has 1 fully saturated rings. The molecule has 3 aromatic heterocycles. The van der Waals surface area contributed by atoms with Crippen LogP contribution in [0.15, 0.2) is 67.0 Å². The van der Waals surface area contributed by atoms with Gasteiger partial charge in [0.1, 0.15) is 24.0 Å². The molecular formula is C28H26F3N5O4. The van der Waals surface area contributed by atoms with Gasteiger partial charge in [-0.15, -0.1) is 0 Å². The van der Waals surface area contributed by atoms with E-state index < -0.39 is 23.8 Å². The van der Waals surface area contributed by atoms with Crippen LogP contribution in [0.5, 0.6) is 11.6 Å². The first-order valence-corrected chi connectivity index (χ1v) is 12.7. The minimum atomic E-state index is -4.79. The Labute approximate surface area is 227 Å². The monoisotopic (exact) mass is 553 g/mol. The quantitative estimate of drug-likeness (QED) is 0.330. The van der Waals surface area contributed by atoms with Crippen LogP contribution in [0.4, 0.5) is 13.2 Å². The number of amides is 2. The molecule has 4 aromatic rings. The van der Waals surface area contributed by atoms with Gasteiger partial charge < -0.3 is 20.5 Å². The fourth-order valence-corrected chi connectivity index (χ4v) is 4.67. The number of nitrogens with zero attached hydrogens (tertiary/aromatic N) is 3. The number of carbonyl (C=O) groups excluding carboxylic acids is 2. The number of carbonyl (C=O) groups is 2. The van der Waals surface area contributed by atoms with Gasteiger partial charge in [-0.1, -0.05) is 30.3 Å². The topological polar surface area (TPSA) is 121 Å². The predicted octanol–water partition coefficient (Wildman–Crippen LogP) is 4.55. The molecule has 3 heterocycles. The first kappa shape index (κ1) is 27.0. The summed E-state index contributed by atoms with van der Waals surface area (Å²) in [5, 5.41) is 2.81. The Morgan fingerprint density at radius 3 is 2.48 bits per heavy atom. The number of benzene rings is 1. The molecule has 1 aliphatic carbocycles. The van der Waals surface area contributed by atoms with Crippen LogP contribution in [0.2, 0.25) is 0 Å².